The highest BCUT2D eigenvalue weighted by atomic mass is 16.3. The highest BCUT2D eigenvalue weighted by molar-refractivity contribution is 5.97. The normalized spacial score (nSPS) is 10.2. The van der Waals surface area contributed by atoms with E-state index in [1.807, 2.05) is 38.1 Å². The van der Waals surface area contributed by atoms with Crippen molar-refractivity contribution in [3.8, 4) is 11.3 Å². The number of aryl methyl sites for hydroxylation is 1. The number of hydrogen-bond donors (Lipinski definition) is 1. The van der Waals surface area contributed by atoms with E-state index in [1.54, 1.807) is 0 Å². The summed E-state index contributed by atoms with van der Waals surface area (Å²) >= 11 is 0. The van der Waals surface area contributed by atoms with Crippen molar-refractivity contribution in [1.82, 2.24) is 10.3 Å². The maximum Gasteiger partial charge on any atom is 0.273 e. The lowest BCUT2D eigenvalue weighted by Gasteiger charge is -2.02. The number of carbonyl (C=O) groups excluding carboxylic acids is 1. The maximum absolute atomic E-state index is 11.7. The highest BCUT2D eigenvalue weighted by Gasteiger charge is 2.17. The topological polar surface area (TPSA) is 55.1 Å². The van der Waals surface area contributed by atoms with Crippen LogP contribution in [0.1, 0.15) is 23.0 Å². The van der Waals surface area contributed by atoms with E-state index in [0.29, 0.717) is 18.0 Å². The molecule has 0 saturated heterocycles. The zero-order valence-corrected chi connectivity index (χ0v) is 9.86. The third-order valence-corrected chi connectivity index (χ3v) is 2.43. The van der Waals surface area contributed by atoms with Gasteiger partial charge in [-0.25, -0.2) is 4.98 Å². The van der Waals surface area contributed by atoms with E-state index in [1.165, 1.54) is 6.39 Å². The molecule has 1 aromatic carbocycles. The number of benzene rings is 1. The lowest BCUT2D eigenvalue weighted by atomic mass is 10.1. The molecule has 0 spiro atoms. The Morgan fingerprint density at radius 1 is 1.35 bits per heavy atom. The number of nitrogens with one attached hydrogen (secondary N) is 1. The highest BCUT2D eigenvalue weighted by Crippen LogP contribution is 2.23. The first-order valence-corrected chi connectivity index (χ1v) is 5.51. The molecule has 1 amide bonds. The van der Waals surface area contributed by atoms with Crippen LogP contribution in [0.2, 0.25) is 0 Å². The first-order chi connectivity index (χ1) is 8.22. The smallest absolute Gasteiger partial charge is 0.273 e. The lowest BCUT2D eigenvalue weighted by molar-refractivity contribution is 0.0951. The molecule has 4 heteroatoms. The van der Waals surface area contributed by atoms with Gasteiger partial charge in [0.2, 0.25) is 0 Å². The maximum atomic E-state index is 11.7. The van der Waals surface area contributed by atoms with E-state index >= 15 is 0 Å². The van der Waals surface area contributed by atoms with Gasteiger partial charge < -0.3 is 9.73 Å². The van der Waals surface area contributed by atoms with E-state index < -0.39 is 0 Å². The standard InChI is InChI=1S/C13H14N2O2/c1-3-14-13(16)11-12(17-8-15-11)10-6-4-9(2)5-7-10/h4-8H,3H2,1-2H3,(H,14,16). The number of hydrogen-bond acceptors (Lipinski definition) is 3. The third-order valence-electron chi connectivity index (χ3n) is 2.43. The van der Waals surface area contributed by atoms with Crippen LogP contribution in [-0.2, 0) is 0 Å². The van der Waals surface area contributed by atoms with Gasteiger partial charge in [0.1, 0.15) is 0 Å². The summed E-state index contributed by atoms with van der Waals surface area (Å²) in [5.74, 6) is 0.299. The molecular formula is C13H14N2O2. The summed E-state index contributed by atoms with van der Waals surface area (Å²) in [5.41, 5.74) is 2.35. The van der Waals surface area contributed by atoms with Crippen molar-refractivity contribution < 1.29 is 9.21 Å². The molecule has 0 radical (unpaired) electrons. The zero-order valence-electron chi connectivity index (χ0n) is 9.86. The van der Waals surface area contributed by atoms with E-state index in [9.17, 15) is 4.79 Å². The van der Waals surface area contributed by atoms with Crippen LogP contribution in [-0.4, -0.2) is 17.4 Å². The lowest BCUT2D eigenvalue weighted by Crippen LogP contribution is -2.23. The van der Waals surface area contributed by atoms with Crippen LogP contribution >= 0.6 is 0 Å². The molecule has 0 aliphatic rings. The fraction of sp³-hybridized carbons (Fsp3) is 0.231. The quantitative estimate of drug-likeness (QED) is 0.880. The molecule has 0 aliphatic carbocycles. The Morgan fingerprint density at radius 3 is 2.71 bits per heavy atom. The molecular weight excluding hydrogens is 216 g/mol. The fourth-order valence-corrected chi connectivity index (χ4v) is 1.56. The van der Waals surface area contributed by atoms with Gasteiger partial charge in [-0.2, -0.15) is 0 Å². The summed E-state index contributed by atoms with van der Waals surface area (Å²) in [6.07, 6.45) is 1.29. The first-order valence-electron chi connectivity index (χ1n) is 5.51. The van der Waals surface area contributed by atoms with Gasteiger partial charge in [-0.3, -0.25) is 4.79 Å². The minimum Gasteiger partial charge on any atom is -0.443 e. The average molecular weight is 230 g/mol. The summed E-state index contributed by atoms with van der Waals surface area (Å²) in [6.45, 7) is 4.44. The molecule has 4 nitrogen and oxygen atoms in total. The minimum absolute atomic E-state index is 0.211. The van der Waals surface area contributed by atoms with Crippen molar-refractivity contribution in [3.05, 3.63) is 41.9 Å². The summed E-state index contributed by atoms with van der Waals surface area (Å²) in [7, 11) is 0. The summed E-state index contributed by atoms with van der Waals surface area (Å²) in [5, 5.41) is 2.71. The van der Waals surface area contributed by atoms with Gasteiger partial charge in [-0.1, -0.05) is 29.8 Å². The number of rotatable bonds is 3. The molecule has 88 valence electrons. The Bertz CT molecular complexity index is 514. The van der Waals surface area contributed by atoms with E-state index in [4.69, 9.17) is 4.42 Å². The van der Waals surface area contributed by atoms with Gasteiger partial charge in [0.15, 0.2) is 17.8 Å². The van der Waals surface area contributed by atoms with Crippen LogP contribution in [0.3, 0.4) is 0 Å². The minimum atomic E-state index is -0.211. The number of aromatic nitrogens is 1. The van der Waals surface area contributed by atoms with E-state index in [0.717, 1.165) is 11.1 Å². The average Bonchev–Trinajstić information content (AvgIpc) is 2.79. The van der Waals surface area contributed by atoms with Gasteiger partial charge in [-0.15, -0.1) is 0 Å². The monoisotopic (exact) mass is 230 g/mol. The zero-order chi connectivity index (χ0) is 12.3. The molecule has 2 rings (SSSR count). The van der Waals surface area contributed by atoms with Crippen LogP contribution in [0, 0.1) is 6.92 Å². The molecule has 0 atom stereocenters. The molecule has 0 aliphatic heterocycles. The summed E-state index contributed by atoms with van der Waals surface area (Å²) < 4.78 is 5.29. The van der Waals surface area contributed by atoms with Crippen LogP contribution < -0.4 is 5.32 Å². The summed E-state index contributed by atoms with van der Waals surface area (Å²) in [4.78, 5) is 15.7. The molecule has 0 fully saturated rings. The van der Waals surface area contributed by atoms with E-state index in [-0.39, 0.29) is 5.91 Å². The van der Waals surface area contributed by atoms with Crippen molar-refractivity contribution >= 4 is 5.91 Å². The number of nitrogens with zero attached hydrogens (tertiary/aromatic N) is 1. The van der Waals surface area contributed by atoms with Crippen molar-refractivity contribution in [1.29, 1.82) is 0 Å². The molecule has 0 bridgehead atoms. The van der Waals surface area contributed by atoms with Crippen LogP contribution in [0.5, 0.6) is 0 Å². The van der Waals surface area contributed by atoms with Crippen LogP contribution in [0.15, 0.2) is 35.1 Å². The van der Waals surface area contributed by atoms with Crippen molar-refractivity contribution in [3.63, 3.8) is 0 Å². The van der Waals surface area contributed by atoms with Gasteiger partial charge in [0.25, 0.3) is 5.91 Å². The third kappa shape index (κ3) is 2.36. The SMILES string of the molecule is CCNC(=O)c1ncoc1-c1ccc(C)cc1. The molecule has 17 heavy (non-hydrogen) atoms. The van der Waals surface area contributed by atoms with Crippen LogP contribution in [0.25, 0.3) is 11.3 Å². The second-order valence-electron chi connectivity index (χ2n) is 3.76. The Balaban J connectivity index is 2.36. The molecule has 1 N–H and O–H groups in total. The fourth-order valence-electron chi connectivity index (χ4n) is 1.56. The molecule has 0 saturated carbocycles. The predicted octanol–water partition coefficient (Wildman–Crippen LogP) is 2.40. The van der Waals surface area contributed by atoms with Gasteiger partial charge in [-0.05, 0) is 13.8 Å². The number of carbonyl (C=O) groups is 1. The number of oxazole rings is 1. The Morgan fingerprint density at radius 2 is 2.06 bits per heavy atom. The van der Waals surface area contributed by atoms with Crippen molar-refractivity contribution in [2.75, 3.05) is 6.54 Å². The van der Waals surface area contributed by atoms with E-state index in [2.05, 4.69) is 10.3 Å². The van der Waals surface area contributed by atoms with Crippen LogP contribution in [0.4, 0.5) is 0 Å². The van der Waals surface area contributed by atoms with Crippen molar-refractivity contribution in [2.45, 2.75) is 13.8 Å². The number of amides is 1. The molecule has 1 heterocycles. The van der Waals surface area contributed by atoms with Gasteiger partial charge in [0, 0.05) is 12.1 Å². The van der Waals surface area contributed by atoms with Crippen molar-refractivity contribution in [2.24, 2.45) is 0 Å². The Kier molecular flexibility index (Phi) is 3.23. The molecule has 1 aromatic heterocycles. The Labute approximate surface area is 99.7 Å². The second-order valence-corrected chi connectivity index (χ2v) is 3.76. The molecule has 0 unspecified atom stereocenters. The Hall–Kier alpha value is -2.10. The predicted molar refractivity (Wildman–Crippen MR) is 64.7 cm³/mol. The largest absolute Gasteiger partial charge is 0.443 e. The first kappa shape index (κ1) is 11.4. The van der Waals surface area contributed by atoms with Gasteiger partial charge in [0.05, 0.1) is 0 Å². The second kappa shape index (κ2) is 4.82. The molecule has 2 aromatic rings. The summed E-state index contributed by atoms with van der Waals surface area (Å²) in [6, 6.07) is 7.77. The van der Waals surface area contributed by atoms with Gasteiger partial charge >= 0.3 is 0 Å².